The van der Waals surface area contributed by atoms with Crippen molar-refractivity contribution in [1.29, 1.82) is 0 Å². The fraction of sp³-hybridized carbons (Fsp3) is 0.111. The second-order valence-corrected chi connectivity index (χ2v) is 4.82. The molecule has 0 aliphatic carbocycles. The summed E-state index contributed by atoms with van der Waals surface area (Å²) in [7, 11) is 0. The molecule has 0 amide bonds. The SMILES string of the molecule is NC1NC=C(c2ccc(Br)cc2)S1. The lowest BCUT2D eigenvalue weighted by atomic mass is 10.2. The molecule has 0 aromatic heterocycles. The monoisotopic (exact) mass is 256 g/mol. The number of benzene rings is 1. The molecule has 1 heterocycles. The minimum Gasteiger partial charge on any atom is -0.366 e. The maximum atomic E-state index is 5.68. The van der Waals surface area contributed by atoms with Crippen molar-refractivity contribution in [1.82, 2.24) is 5.32 Å². The van der Waals surface area contributed by atoms with E-state index in [2.05, 4.69) is 33.4 Å². The number of halogens is 1. The topological polar surface area (TPSA) is 38.0 Å². The summed E-state index contributed by atoms with van der Waals surface area (Å²) in [5, 5.41) is 3.05. The van der Waals surface area contributed by atoms with Crippen molar-refractivity contribution in [3.63, 3.8) is 0 Å². The third-order valence-electron chi connectivity index (χ3n) is 1.76. The molecule has 0 radical (unpaired) electrons. The summed E-state index contributed by atoms with van der Waals surface area (Å²) in [6.45, 7) is 0. The predicted octanol–water partition coefficient (Wildman–Crippen LogP) is 2.33. The summed E-state index contributed by atoms with van der Waals surface area (Å²) >= 11 is 5.04. The molecule has 2 nitrogen and oxygen atoms in total. The van der Waals surface area contributed by atoms with Crippen LogP contribution in [0.3, 0.4) is 0 Å². The van der Waals surface area contributed by atoms with Crippen molar-refractivity contribution in [2.24, 2.45) is 5.73 Å². The van der Waals surface area contributed by atoms with Gasteiger partial charge in [0.1, 0.15) is 5.50 Å². The first-order valence-electron chi connectivity index (χ1n) is 3.90. The van der Waals surface area contributed by atoms with Gasteiger partial charge in [-0.15, -0.1) is 0 Å². The number of rotatable bonds is 1. The summed E-state index contributed by atoms with van der Waals surface area (Å²) in [6, 6.07) is 8.20. The molecular formula is C9H9BrN2S. The van der Waals surface area contributed by atoms with E-state index in [9.17, 15) is 0 Å². The second-order valence-electron chi connectivity index (χ2n) is 2.72. The van der Waals surface area contributed by atoms with Gasteiger partial charge in [0.25, 0.3) is 0 Å². The van der Waals surface area contributed by atoms with Crippen LogP contribution in [-0.2, 0) is 0 Å². The minimum absolute atomic E-state index is 0.00125. The fourth-order valence-electron chi connectivity index (χ4n) is 1.13. The fourth-order valence-corrected chi connectivity index (χ4v) is 2.21. The number of nitrogens with two attached hydrogens (primary N) is 1. The van der Waals surface area contributed by atoms with Crippen LogP contribution in [0.4, 0.5) is 0 Å². The molecule has 3 N–H and O–H groups in total. The van der Waals surface area contributed by atoms with Crippen molar-refractivity contribution in [2.75, 3.05) is 0 Å². The molecule has 0 saturated carbocycles. The number of hydrogen-bond acceptors (Lipinski definition) is 3. The molecule has 0 saturated heterocycles. The van der Waals surface area contributed by atoms with Gasteiger partial charge in [0, 0.05) is 15.6 Å². The van der Waals surface area contributed by atoms with E-state index in [-0.39, 0.29) is 5.50 Å². The van der Waals surface area contributed by atoms with E-state index < -0.39 is 0 Å². The van der Waals surface area contributed by atoms with Gasteiger partial charge in [-0.2, -0.15) is 0 Å². The van der Waals surface area contributed by atoms with Crippen molar-refractivity contribution < 1.29 is 0 Å². The Kier molecular flexibility index (Phi) is 2.62. The van der Waals surface area contributed by atoms with Gasteiger partial charge in [0.05, 0.1) is 0 Å². The summed E-state index contributed by atoms with van der Waals surface area (Å²) in [5.74, 6) is 0. The largest absolute Gasteiger partial charge is 0.366 e. The number of hydrogen-bond donors (Lipinski definition) is 2. The molecule has 1 aromatic rings. The van der Waals surface area contributed by atoms with Crippen LogP contribution in [0.15, 0.2) is 34.9 Å². The van der Waals surface area contributed by atoms with E-state index in [4.69, 9.17) is 5.73 Å². The standard InChI is InChI=1S/C9H9BrN2S/c10-7-3-1-6(2-4-7)8-5-12-9(11)13-8/h1-5,9,12H,11H2. The predicted molar refractivity (Wildman–Crippen MR) is 60.8 cm³/mol. The van der Waals surface area contributed by atoms with Gasteiger partial charge in [0.2, 0.25) is 0 Å². The smallest absolute Gasteiger partial charge is 0.127 e. The van der Waals surface area contributed by atoms with E-state index in [1.807, 2.05) is 18.3 Å². The molecule has 13 heavy (non-hydrogen) atoms. The Labute approximate surface area is 89.7 Å². The molecule has 1 aliphatic heterocycles. The third kappa shape index (κ3) is 2.07. The Balaban J connectivity index is 2.22. The summed E-state index contributed by atoms with van der Waals surface area (Å²) < 4.78 is 1.09. The van der Waals surface area contributed by atoms with Crippen molar-refractivity contribution >= 4 is 32.6 Å². The van der Waals surface area contributed by atoms with Crippen LogP contribution >= 0.6 is 27.7 Å². The lowest BCUT2D eigenvalue weighted by Crippen LogP contribution is -2.25. The van der Waals surface area contributed by atoms with Gasteiger partial charge in [-0.25, -0.2) is 0 Å². The van der Waals surface area contributed by atoms with Crippen LogP contribution in [-0.4, -0.2) is 5.50 Å². The lowest BCUT2D eigenvalue weighted by molar-refractivity contribution is 0.837. The van der Waals surface area contributed by atoms with Crippen molar-refractivity contribution in [3.05, 3.63) is 40.5 Å². The van der Waals surface area contributed by atoms with E-state index in [1.54, 1.807) is 11.8 Å². The van der Waals surface area contributed by atoms with Crippen molar-refractivity contribution in [3.8, 4) is 0 Å². The number of nitrogens with one attached hydrogen (secondary N) is 1. The van der Waals surface area contributed by atoms with Gasteiger partial charge in [-0.1, -0.05) is 39.8 Å². The zero-order valence-electron chi connectivity index (χ0n) is 6.83. The first kappa shape index (κ1) is 9.12. The normalized spacial score (nSPS) is 21.1. The molecule has 68 valence electrons. The van der Waals surface area contributed by atoms with Crippen LogP contribution in [0.5, 0.6) is 0 Å². The minimum atomic E-state index is -0.00125. The Morgan fingerprint density at radius 3 is 2.54 bits per heavy atom. The average molecular weight is 257 g/mol. The Hall–Kier alpha value is -0.450. The molecule has 1 aromatic carbocycles. The molecule has 1 aliphatic rings. The molecule has 0 bridgehead atoms. The number of thioether (sulfide) groups is 1. The van der Waals surface area contributed by atoms with Crippen molar-refractivity contribution in [2.45, 2.75) is 5.50 Å². The molecule has 2 rings (SSSR count). The third-order valence-corrected chi connectivity index (χ3v) is 3.29. The molecule has 1 unspecified atom stereocenters. The maximum Gasteiger partial charge on any atom is 0.127 e. The maximum absolute atomic E-state index is 5.68. The quantitative estimate of drug-likeness (QED) is 0.810. The van der Waals surface area contributed by atoms with E-state index in [0.29, 0.717) is 0 Å². The van der Waals surface area contributed by atoms with Gasteiger partial charge < -0.3 is 11.1 Å². The van der Waals surface area contributed by atoms with Crippen LogP contribution in [0.1, 0.15) is 5.56 Å². The highest BCUT2D eigenvalue weighted by Crippen LogP contribution is 2.32. The van der Waals surface area contributed by atoms with E-state index in [1.165, 1.54) is 10.5 Å². The average Bonchev–Trinajstić information content (AvgIpc) is 2.53. The Morgan fingerprint density at radius 1 is 1.31 bits per heavy atom. The van der Waals surface area contributed by atoms with Gasteiger partial charge in [-0.05, 0) is 17.7 Å². The highest BCUT2D eigenvalue weighted by Gasteiger charge is 2.13. The lowest BCUT2D eigenvalue weighted by Gasteiger charge is -2.02. The zero-order chi connectivity index (χ0) is 9.26. The van der Waals surface area contributed by atoms with Gasteiger partial charge in [0.15, 0.2) is 0 Å². The molecule has 0 fully saturated rings. The van der Waals surface area contributed by atoms with Gasteiger partial charge >= 0.3 is 0 Å². The first-order valence-corrected chi connectivity index (χ1v) is 5.57. The molecule has 0 spiro atoms. The van der Waals surface area contributed by atoms with E-state index >= 15 is 0 Å². The summed E-state index contributed by atoms with van der Waals surface area (Å²) in [6.07, 6.45) is 1.96. The Bertz CT molecular complexity index is 334. The van der Waals surface area contributed by atoms with Crippen LogP contribution in [0.2, 0.25) is 0 Å². The Morgan fingerprint density at radius 2 is 2.00 bits per heavy atom. The summed E-state index contributed by atoms with van der Waals surface area (Å²) in [4.78, 5) is 1.19. The van der Waals surface area contributed by atoms with Crippen LogP contribution < -0.4 is 11.1 Å². The first-order chi connectivity index (χ1) is 6.25. The molecule has 4 heteroatoms. The molecule has 1 atom stereocenters. The second kappa shape index (κ2) is 3.74. The van der Waals surface area contributed by atoms with Crippen LogP contribution in [0.25, 0.3) is 4.91 Å². The zero-order valence-corrected chi connectivity index (χ0v) is 9.23. The molecular weight excluding hydrogens is 248 g/mol. The van der Waals surface area contributed by atoms with E-state index in [0.717, 1.165) is 4.47 Å². The highest BCUT2D eigenvalue weighted by molar-refractivity contribution is 9.10. The summed E-state index contributed by atoms with van der Waals surface area (Å²) in [5.41, 5.74) is 6.88. The van der Waals surface area contributed by atoms with Gasteiger partial charge in [-0.3, -0.25) is 0 Å². The highest BCUT2D eigenvalue weighted by atomic mass is 79.9. The van der Waals surface area contributed by atoms with Crippen LogP contribution in [0, 0.1) is 0 Å².